The smallest absolute Gasteiger partial charge is 0.383 e. The van der Waals surface area contributed by atoms with Gasteiger partial charge in [0.15, 0.2) is 0 Å². The number of hydrogen-bond donors (Lipinski definition) is 2. The number of ether oxygens (including phenoxy) is 1. The van der Waals surface area contributed by atoms with Gasteiger partial charge in [0.25, 0.3) is 0 Å². The minimum Gasteiger partial charge on any atom is -0.383 e. The summed E-state index contributed by atoms with van der Waals surface area (Å²) in [4.78, 5) is 8.46. The molecule has 0 bridgehead atoms. The predicted octanol–water partition coefficient (Wildman–Crippen LogP) is 2.48. The molecule has 0 aliphatic carbocycles. The van der Waals surface area contributed by atoms with E-state index in [2.05, 4.69) is 20.0 Å². The molecular formula is C12H19F3N4O. The first kappa shape index (κ1) is 16.5. The Hall–Kier alpha value is -1.57. The molecule has 0 aliphatic heterocycles. The lowest BCUT2D eigenvalue weighted by atomic mass is 10.2. The van der Waals surface area contributed by atoms with Gasteiger partial charge in [0.05, 0.1) is 6.61 Å². The third-order valence-electron chi connectivity index (χ3n) is 2.52. The Morgan fingerprint density at radius 1 is 1.30 bits per heavy atom. The van der Waals surface area contributed by atoms with Gasteiger partial charge in [-0.1, -0.05) is 13.8 Å². The highest BCUT2D eigenvalue weighted by atomic mass is 19.4. The average molecular weight is 292 g/mol. The van der Waals surface area contributed by atoms with Gasteiger partial charge in [-0.2, -0.15) is 13.2 Å². The summed E-state index contributed by atoms with van der Waals surface area (Å²) < 4.78 is 40.2. The zero-order valence-electron chi connectivity index (χ0n) is 11.7. The van der Waals surface area contributed by atoms with Crippen molar-refractivity contribution in [3.8, 4) is 0 Å². The highest BCUT2D eigenvalue weighted by Crippen LogP contribution is 2.20. The van der Waals surface area contributed by atoms with E-state index in [4.69, 9.17) is 5.73 Å². The van der Waals surface area contributed by atoms with E-state index in [0.29, 0.717) is 23.0 Å². The lowest BCUT2D eigenvalue weighted by Crippen LogP contribution is -2.20. The van der Waals surface area contributed by atoms with Crippen molar-refractivity contribution >= 4 is 11.6 Å². The van der Waals surface area contributed by atoms with Crippen molar-refractivity contribution in [3.05, 3.63) is 11.4 Å². The second-order valence-electron chi connectivity index (χ2n) is 4.69. The molecule has 0 aromatic carbocycles. The summed E-state index contributed by atoms with van der Waals surface area (Å²) in [7, 11) is 0. The summed E-state index contributed by atoms with van der Waals surface area (Å²) in [5.74, 6) is 1.59. The van der Waals surface area contributed by atoms with E-state index in [1.165, 1.54) is 0 Å². The van der Waals surface area contributed by atoms with Crippen molar-refractivity contribution in [2.24, 2.45) is 0 Å². The van der Waals surface area contributed by atoms with E-state index in [-0.39, 0.29) is 19.1 Å². The second kappa shape index (κ2) is 6.74. The Morgan fingerprint density at radius 3 is 2.50 bits per heavy atom. The first-order chi connectivity index (χ1) is 9.20. The maximum atomic E-state index is 11.9. The van der Waals surface area contributed by atoms with Crippen molar-refractivity contribution in [2.75, 3.05) is 30.8 Å². The van der Waals surface area contributed by atoms with Crippen molar-refractivity contribution < 1.29 is 17.9 Å². The Bertz CT molecular complexity index is 449. The second-order valence-corrected chi connectivity index (χ2v) is 4.69. The quantitative estimate of drug-likeness (QED) is 0.788. The van der Waals surface area contributed by atoms with E-state index >= 15 is 0 Å². The van der Waals surface area contributed by atoms with Crippen LogP contribution >= 0.6 is 0 Å². The van der Waals surface area contributed by atoms with Crippen LogP contribution in [0.5, 0.6) is 0 Å². The van der Waals surface area contributed by atoms with Gasteiger partial charge < -0.3 is 15.8 Å². The monoisotopic (exact) mass is 292 g/mol. The van der Waals surface area contributed by atoms with Gasteiger partial charge >= 0.3 is 6.18 Å². The fourth-order valence-corrected chi connectivity index (χ4v) is 1.41. The third-order valence-corrected chi connectivity index (χ3v) is 2.52. The van der Waals surface area contributed by atoms with Crippen LogP contribution in [0.25, 0.3) is 0 Å². The largest absolute Gasteiger partial charge is 0.411 e. The lowest BCUT2D eigenvalue weighted by molar-refractivity contribution is -0.172. The first-order valence-corrected chi connectivity index (χ1v) is 6.23. The minimum absolute atomic E-state index is 0.0696. The summed E-state index contributed by atoms with van der Waals surface area (Å²) in [5, 5.41) is 2.91. The van der Waals surface area contributed by atoms with Crippen molar-refractivity contribution in [3.63, 3.8) is 0 Å². The summed E-state index contributed by atoms with van der Waals surface area (Å²) in [6.45, 7) is 4.50. The van der Waals surface area contributed by atoms with Crippen LogP contribution in [0.2, 0.25) is 0 Å². The van der Waals surface area contributed by atoms with Crippen molar-refractivity contribution in [1.29, 1.82) is 0 Å². The van der Waals surface area contributed by atoms with Crippen LogP contribution in [0.3, 0.4) is 0 Å². The zero-order valence-corrected chi connectivity index (χ0v) is 11.7. The number of aromatic nitrogens is 2. The Kier molecular flexibility index (Phi) is 5.55. The molecular weight excluding hydrogens is 273 g/mol. The molecule has 8 heteroatoms. The number of anilines is 2. The van der Waals surface area contributed by atoms with Gasteiger partial charge in [0.1, 0.15) is 24.1 Å². The molecule has 1 aromatic heterocycles. The number of nitrogens with zero attached hydrogens (tertiary/aromatic N) is 2. The van der Waals surface area contributed by atoms with Crippen LogP contribution in [-0.2, 0) is 4.74 Å². The molecule has 0 saturated heterocycles. The molecule has 20 heavy (non-hydrogen) atoms. The van der Waals surface area contributed by atoms with Crippen LogP contribution in [0.4, 0.5) is 24.8 Å². The van der Waals surface area contributed by atoms with Crippen LogP contribution < -0.4 is 11.1 Å². The Morgan fingerprint density at radius 2 is 1.95 bits per heavy atom. The van der Waals surface area contributed by atoms with E-state index < -0.39 is 12.8 Å². The molecule has 3 N–H and O–H groups in total. The van der Waals surface area contributed by atoms with Gasteiger partial charge in [-0.25, -0.2) is 9.97 Å². The number of nitrogen functional groups attached to an aromatic ring is 1. The molecule has 0 spiro atoms. The molecule has 0 amide bonds. The number of rotatable bonds is 6. The van der Waals surface area contributed by atoms with Gasteiger partial charge in [-0.3, -0.25) is 0 Å². The molecule has 0 aliphatic rings. The van der Waals surface area contributed by atoms with Crippen LogP contribution in [0, 0.1) is 6.92 Å². The highest BCUT2D eigenvalue weighted by molar-refractivity contribution is 5.54. The van der Waals surface area contributed by atoms with E-state index in [9.17, 15) is 13.2 Å². The van der Waals surface area contributed by atoms with Crippen molar-refractivity contribution in [2.45, 2.75) is 32.9 Å². The van der Waals surface area contributed by atoms with Crippen LogP contribution in [0.15, 0.2) is 0 Å². The van der Waals surface area contributed by atoms with Crippen LogP contribution in [0.1, 0.15) is 31.2 Å². The topological polar surface area (TPSA) is 73.1 Å². The molecule has 0 saturated carbocycles. The zero-order chi connectivity index (χ0) is 15.3. The maximum absolute atomic E-state index is 11.9. The summed E-state index contributed by atoms with van der Waals surface area (Å²) in [5.41, 5.74) is 6.45. The standard InChI is InChI=1S/C12H19F3N4O/c1-7(2)10-18-9(16)8(3)11(19-10)17-4-5-20-6-12(13,14)15/h7H,4-6H2,1-3H3,(H3,16,17,18,19). The van der Waals surface area contributed by atoms with Crippen LogP contribution in [-0.4, -0.2) is 35.9 Å². The molecule has 0 unspecified atom stereocenters. The number of halogens is 3. The van der Waals surface area contributed by atoms with E-state index in [0.717, 1.165) is 0 Å². The minimum atomic E-state index is -4.31. The number of nitrogens with one attached hydrogen (secondary N) is 1. The van der Waals surface area contributed by atoms with Gasteiger partial charge in [0.2, 0.25) is 0 Å². The molecule has 114 valence electrons. The van der Waals surface area contributed by atoms with Gasteiger partial charge in [0, 0.05) is 18.0 Å². The predicted molar refractivity (Wildman–Crippen MR) is 70.6 cm³/mol. The normalized spacial score (nSPS) is 11.9. The van der Waals surface area contributed by atoms with Crippen molar-refractivity contribution in [1.82, 2.24) is 9.97 Å². The fraction of sp³-hybridized carbons (Fsp3) is 0.667. The molecule has 1 aromatic rings. The van der Waals surface area contributed by atoms with E-state index in [1.807, 2.05) is 13.8 Å². The maximum Gasteiger partial charge on any atom is 0.411 e. The molecule has 0 atom stereocenters. The molecule has 1 heterocycles. The summed E-state index contributed by atoms with van der Waals surface area (Å²) >= 11 is 0. The molecule has 5 nitrogen and oxygen atoms in total. The third kappa shape index (κ3) is 5.20. The first-order valence-electron chi connectivity index (χ1n) is 6.23. The SMILES string of the molecule is Cc1c(N)nc(C(C)C)nc1NCCOCC(F)(F)F. The lowest BCUT2D eigenvalue weighted by Gasteiger charge is -2.14. The van der Waals surface area contributed by atoms with Gasteiger partial charge in [-0.05, 0) is 6.92 Å². The fourth-order valence-electron chi connectivity index (χ4n) is 1.41. The molecule has 0 fully saturated rings. The highest BCUT2D eigenvalue weighted by Gasteiger charge is 2.27. The average Bonchev–Trinajstić information content (AvgIpc) is 2.32. The van der Waals surface area contributed by atoms with E-state index in [1.54, 1.807) is 6.92 Å². The van der Waals surface area contributed by atoms with Gasteiger partial charge in [-0.15, -0.1) is 0 Å². The number of hydrogen-bond acceptors (Lipinski definition) is 5. The molecule has 0 radical (unpaired) electrons. The number of alkyl halides is 3. The summed E-state index contributed by atoms with van der Waals surface area (Å²) in [6, 6.07) is 0. The summed E-state index contributed by atoms with van der Waals surface area (Å²) in [6.07, 6.45) is -4.31. The number of nitrogens with two attached hydrogens (primary N) is 1. The Balaban J connectivity index is 2.55. The molecule has 1 rings (SSSR count). The Labute approximate surface area is 115 Å².